The van der Waals surface area contributed by atoms with Crippen LogP contribution < -0.4 is 15.1 Å². The number of nitrogens with one attached hydrogen (secondary N) is 1. The van der Waals surface area contributed by atoms with Gasteiger partial charge in [-0.25, -0.2) is 22.8 Å². The molecule has 2 atom stereocenters. The van der Waals surface area contributed by atoms with Gasteiger partial charge in [-0.05, 0) is 47.6 Å². The fourth-order valence-electron chi connectivity index (χ4n) is 5.21. The summed E-state index contributed by atoms with van der Waals surface area (Å²) < 4.78 is 64.6. The van der Waals surface area contributed by atoms with Gasteiger partial charge in [0.05, 0.1) is 22.5 Å². The number of nitrogens with zero attached hydrogens (tertiary/aromatic N) is 5. The third kappa shape index (κ3) is 5.83. The van der Waals surface area contributed by atoms with Crippen molar-refractivity contribution >= 4 is 43.9 Å². The van der Waals surface area contributed by atoms with Gasteiger partial charge in [-0.3, -0.25) is 0 Å². The van der Waals surface area contributed by atoms with Crippen LogP contribution in [0.25, 0.3) is 10.8 Å². The smallest absolute Gasteiger partial charge is 0.227 e. The molecular formula is C27H35FN6O3S. The van der Waals surface area contributed by atoms with Gasteiger partial charge in [-0.2, -0.15) is 4.98 Å². The van der Waals surface area contributed by atoms with E-state index in [1.54, 1.807) is 17.2 Å². The molecule has 0 radical (unpaired) electrons. The average molecular weight is 546 g/mol. The highest BCUT2D eigenvalue weighted by molar-refractivity contribution is 7.90. The van der Waals surface area contributed by atoms with Crippen molar-refractivity contribution in [1.82, 2.24) is 15.0 Å². The van der Waals surface area contributed by atoms with Gasteiger partial charge >= 0.3 is 0 Å². The fraction of sp³-hybridized carbons (Fsp3) is 0.519. The minimum Gasteiger partial charge on any atom is -0.378 e. The summed E-state index contributed by atoms with van der Waals surface area (Å²) in [4.78, 5) is 17.3. The maximum absolute atomic E-state index is 14.7. The van der Waals surface area contributed by atoms with Gasteiger partial charge in [-0.15, -0.1) is 0 Å². The SMILES string of the molecule is [2H]C([2H])([2H])O[C@@H]1CCN(c2nccc(Nc3cc4c(C(C)C)cc(N5CC(CS(C)(=O)=O)C5)cc4cn3)n2)C[C@@H]1F. The van der Waals surface area contributed by atoms with Crippen LogP contribution in [0.4, 0.5) is 27.7 Å². The Hall–Kier alpha value is -3.05. The van der Waals surface area contributed by atoms with Crippen molar-refractivity contribution in [1.29, 1.82) is 0 Å². The number of alkyl halides is 1. The Balaban J connectivity index is 1.31. The van der Waals surface area contributed by atoms with Gasteiger partial charge in [0, 0.05) is 62.3 Å². The normalized spacial score (nSPS) is 22.2. The van der Waals surface area contributed by atoms with Crippen molar-refractivity contribution in [3.63, 3.8) is 0 Å². The molecule has 0 aliphatic carbocycles. The van der Waals surface area contributed by atoms with E-state index in [2.05, 4.69) is 51.1 Å². The van der Waals surface area contributed by atoms with E-state index in [4.69, 9.17) is 8.85 Å². The summed E-state index contributed by atoms with van der Waals surface area (Å²) in [6.45, 7) is 6.00. The quantitative estimate of drug-likeness (QED) is 0.451. The van der Waals surface area contributed by atoms with Crippen molar-refractivity contribution in [2.45, 2.75) is 38.5 Å². The molecule has 0 amide bonds. The molecule has 38 heavy (non-hydrogen) atoms. The van der Waals surface area contributed by atoms with Crippen LogP contribution in [0.5, 0.6) is 0 Å². The molecule has 9 nitrogen and oxygen atoms in total. The zero-order chi connectivity index (χ0) is 29.5. The summed E-state index contributed by atoms with van der Waals surface area (Å²) >= 11 is 0. The summed E-state index contributed by atoms with van der Waals surface area (Å²) in [7, 11) is -5.63. The largest absolute Gasteiger partial charge is 0.378 e. The van der Waals surface area contributed by atoms with Crippen molar-refractivity contribution in [2.24, 2.45) is 5.92 Å². The first kappa shape index (κ1) is 22.9. The minimum absolute atomic E-state index is 0.0650. The Morgan fingerprint density at radius 1 is 1.18 bits per heavy atom. The first-order chi connectivity index (χ1) is 19.2. The molecule has 2 aliphatic rings. The summed E-state index contributed by atoms with van der Waals surface area (Å²) in [6, 6.07) is 7.94. The zero-order valence-corrected chi connectivity index (χ0v) is 22.6. The van der Waals surface area contributed by atoms with Crippen LogP contribution in [0.1, 0.15) is 35.9 Å². The first-order valence-corrected chi connectivity index (χ1v) is 14.8. The molecule has 0 saturated carbocycles. The molecule has 1 aromatic carbocycles. The van der Waals surface area contributed by atoms with Crippen molar-refractivity contribution < 1.29 is 21.7 Å². The number of fused-ring (bicyclic) bond motifs is 1. The number of anilines is 4. The van der Waals surface area contributed by atoms with Gasteiger partial charge in [-0.1, -0.05) is 13.8 Å². The Morgan fingerprint density at radius 3 is 2.71 bits per heavy atom. The number of piperidine rings is 1. The van der Waals surface area contributed by atoms with Gasteiger partial charge in [0.25, 0.3) is 0 Å². The molecule has 204 valence electrons. The molecule has 1 N–H and O–H groups in total. The Bertz CT molecular complexity index is 1520. The molecule has 11 heteroatoms. The monoisotopic (exact) mass is 545 g/mol. The van der Waals surface area contributed by atoms with E-state index in [1.165, 1.54) is 6.26 Å². The molecule has 0 bridgehead atoms. The van der Waals surface area contributed by atoms with Crippen LogP contribution >= 0.6 is 0 Å². The van der Waals surface area contributed by atoms with E-state index in [0.29, 0.717) is 37.2 Å². The number of rotatable bonds is 8. The number of halogens is 1. The van der Waals surface area contributed by atoms with Gasteiger partial charge in [0.1, 0.15) is 27.6 Å². The fourth-order valence-corrected chi connectivity index (χ4v) is 6.28. The standard InChI is InChI=1S/C27H35FN6O3S/c1-17(2)21-10-20(34-13-18(14-34)16-38(4,35)36)9-19-12-30-26(11-22(19)21)31-25-5-7-29-27(32-25)33-8-6-24(37-3)23(28)15-33/h5,7,9-12,17-18,23-24H,6,8,13-16H2,1-4H3,(H,29,30,31,32)/t23-,24+/m0/s1/i3D3. The first-order valence-electron chi connectivity index (χ1n) is 14.3. The van der Waals surface area contributed by atoms with E-state index in [0.717, 1.165) is 22.0 Å². The molecule has 0 spiro atoms. The Morgan fingerprint density at radius 2 is 2.00 bits per heavy atom. The number of pyridine rings is 1. The lowest BCUT2D eigenvalue weighted by Crippen LogP contribution is -2.49. The number of hydrogen-bond donors (Lipinski definition) is 1. The number of methoxy groups -OCH3 is 1. The second kappa shape index (κ2) is 10.6. The average Bonchev–Trinajstić information content (AvgIpc) is 2.85. The number of benzene rings is 1. The van der Waals surface area contributed by atoms with Crippen LogP contribution in [0.15, 0.2) is 36.7 Å². The van der Waals surface area contributed by atoms with E-state index in [-0.39, 0.29) is 30.6 Å². The van der Waals surface area contributed by atoms with Crippen LogP contribution in [0, 0.1) is 5.92 Å². The minimum atomic E-state index is -2.99. The maximum atomic E-state index is 14.7. The van der Waals surface area contributed by atoms with E-state index in [9.17, 15) is 12.8 Å². The lowest BCUT2D eigenvalue weighted by Gasteiger charge is -2.41. The number of ether oxygens (including phenoxy) is 1. The third-order valence-corrected chi connectivity index (χ3v) is 8.23. The zero-order valence-electron chi connectivity index (χ0n) is 24.8. The lowest BCUT2D eigenvalue weighted by atomic mass is 9.94. The summed E-state index contributed by atoms with van der Waals surface area (Å²) in [5.74, 6) is 2.04. The summed E-state index contributed by atoms with van der Waals surface area (Å²) in [5.41, 5.74) is 2.22. The van der Waals surface area contributed by atoms with Gasteiger partial charge in [0.2, 0.25) is 5.95 Å². The van der Waals surface area contributed by atoms with Crippen molar-refractivity contribution in [2.75, 3.05) is 60.3 Å². The summed E-state index contributed by atoms with van der Waals surface area (Å²) in [6.07, 6.45) is 2.42. The van der Waals surface area contributed by atoms with E-state index in [1.807, 2.05) is 12.3 Å². The van der Waals surface area contributed by atoms with Crippen molar-refractivity contribution in [3.05, 3.63) is 42.2 Å². The highest BCUT2D eigenvalue weighted by Gasteiger charge is 2.31. The molecule has 2 saturated heterocycles. The highest BCUT2D eigenvalue weighted by atomic mass is 32.2. The number of aromatic nitrogens is 3. The van der Waals surface area contributed by atoms with E-state index < -0.39 is 29.2 Å². The maximum Gasteiger partial charge on any atom is 0.227 e. The predicted octanol–water partition coefficient (Wildman–Crippen LogP) is 3.94. The molecule has 2 aromatic heterocycles. The molecule has 2 aliphatic heterocycles. The third-order valence-electron chi connectivity index (χ3n) is 7.15. The van der Waals surface area contributed by atoms with Gasteiger partial charge in [0.15, 0.2) is 0 Å². The lowest BCUT2D eigenvalue weighted by molar-refractivity contribution is 0.0194. The molecule has 5 rings (SSSR count). The Labute approximate surface area is 227 Å². The molecule has 0 unspecified atom stereocenters. The number of hydrogen-bond acceptors (Lipinski definition) is 9. The van der Waals surface area contributed by atoms with Crippen LogP contribution in [0.2, 0.25) is 0 Å². The van der Waals surface area contributed by atoms with Crippen LogP contribution in [-0.2, 0) is 14.6 Å². The topological polar surface area (TPSA) is 101 Å². The Kier molecular flexibility index (Phi) is 6.39. The highest BCUT2D eigenvalue weighted by Crippen LogP contribution is 2.35. The van der Waals surface area contributed by atoms with E-state index >= 15 is 0 Å². The molecule has 4 heterocycles. The predicted molar refractivity (Wildman–Crippen MR) is 149 cm³/mol. The number of sulfone groups is 1. The second-order valence-corrected chi connectivity index (χ2v) is 12.8. The van der Waals surface area contributed by atoms with Gasteiger partial charge < -0.3 is 19.9 Å². The second-order valence-electron chi connectivity index (χ2n) is 10.6. The molecular weight excluding hydrogens is 507 g/mol. The van der Waals surface area contributed by atoms with Crippen molar-refractivity contribution in [3.8, 4) is 0 Å². The van der Waals surface area contributed by atoms with Crippen LogP contribution in [-0.4, -0.2) is 80.9 Å². The summed E-state index contributed by atoms with van der Waals surface area (Å²) in [5, 5.41) is 5.28. The molecule has 3 aromatic rings. The molecule has 2 fully saturated rings. The van der Waals surface area contributed by atoms with Crippen LogP contribution in [0.3, 0.4) is 0 Å².